The Morgan fingerprint density at radius 2 is 1.50 bits per heavy atom. The number of rotatable bonds is 7. The second kappa shape index (κ2) is 13.3. The molecular weight excluding hydrogens is 535 g/mol. The summed E-state index contributed by atoms with van der Waals surface area (Å²) in [5.74, 6) is 0.339. The van der Waals surface area contributed by atoms with Crippen LogP contribution >= 0.6 is 35.6 Å². The number of hydrogen-bond donors (Lipinski definition) is 2. The molecule has 1 heterocycles. The summed E-state index contributed by atoms with van der Waals surface area (Å²) in [5.41, 5.74) is 7.43. The quantitative estimate of drug-likeness (QED) is 0.237. The Morgan fingerprint density at radius 1 is 0.917 bits per heavy atom. The molecule has 0 radical (unpaired) electrons. The van der Waals surface area contributed by atoms with Crippen LogP contribution in [0.1, 0.15) is 11.1 Å². The van der Waals surface area contributed by atoms with Crippen LogP contribution in [0.3, 0.4) is 0 Å². The molecule has 0 saturated heterocycles. The van der Waals surface area contributed by atoms with Gasteiger partial charge in [-0.2, -0.15) is 4.68 Å². The Morgan fingerprint density at radius 3 is 2.11 bits per heavy atom. The van der Waals surface area contributed by atoms with E-state index in [1.54, 1.807) is 42.5 Å². The van der Waals surface area contributed by atoms with Crippen molar-refractivity contribution in [2.75, 3.05) is 5.32 Å². The van der Waals surface area contributed by atoms with Crippen LogP contribution in [-0.4, -0.2) is 30.1 Å². The van der Waals surface area contributed by atoms with Gasteiger partial charge in [-0.15, -0.1) is 12.4 Å². The van der Waals surface area contributed by atoms with Gasteiger partial charge in [0.05, 0.1) is 25.6 Å². The Hall–Kier alpha value is -3.84. The normalized spacial score (nSPS) is 9.97. The molecule has 0 atom stereocenters. The van der Waals surface area contributed by atoms with Crippen LogP contribution in [0, 0.1) is 20.2 Å². The molecule has 4 rings (SSSR count). The molecule has 0 aliphatic rings. The highest BCUT2D eigenvalue weighted by atomic mass is 35.5. The van der Waals surface area contributed by atoms with Gasteiger partial charge in [-0.3, -0.25) is 20.2 Å². The zero-order chi connectivity index (χ0) is 25.4. The third-order valence-corrected chi connectivity index (χ3v) is 5.37. The van der Waals surface area contributed by atoms with E-state index in [0.29, 0.717) is 34.8 Å². The maximum absolute atomic E-state index is 10.8. The number of non-ortho nitro benzene ring substituents is 2. The van der Waals surface area contributed by atoms with Gasteiger partial charge in [0.2, 0.25) is 5.95 Å². The Balaban J connectivity index is 0.000000321. The predicted octanol–water partition coefficient (Wildman–Crippen LogP) is 4.96. The highest BCUT2D eigenvalue weighted by Gasteiger charge is 2.13. The van der Waals surface area contributed by atoms with Gasteiger partial charge < -0.3 is 11.1 Å². The van der Waals surface area contributed by atoms with Crippen LogP contribution in [0.15, 0.2) is 66.7 Å². The number of anilines is 1. The number of hydrogen-bond acceptors (Lipinski definition) is 9. The lowest BCUT2D eigenvalue weighted by atomic mass is 10.2. The zero-order valence-electron chi connectivity index (χ0n) is 18.3. The van der Waals surface area contributed by atoms with Crippen molar-refractivity contribution in [1.82, 2.24) is 20.2 Å². The van der Waals surface area contributed by atoms with E-state index in [0.717, 1.165) is 11.1 Å². The van der Waals surface area contributed by atoms with Crippen molar-refractivity contribution >= 4 is 52.9 Å². The minimum Gasteiger partial charge on any atom is -0.349 e. The van der Waals surface area contributed by atoms with E-state index in [1.807, 2.05) is 0 Å². The molecule has 0 saturated carbocycles. The van der Waals surface area contributed by atoms with E-state index in [9.17, 15) is 20.2 Å². The average Bonchev–Trinajstić information content (AvgIpc) is 3.33. The summed E-state index contributed by atoms with van der Waals surface area (Å²) < 4.78 is 1.41. The van der Waals surface area contributed by atoms with E-state index in [-0.39, 0.29) is 23.8 Å². The molecule has 15 heteroatoms. The van der Waals surface area contributed by atoms with E-state index < -0.39 is 9.85 Å². The zero-order valence-corrected chi connectivity index (χ0v) is 20.7. The fourth-order valence-electron chi connectivity index (χ4n) is 2.87. The molecule has 3 aromatic carbocycles. The molecule has 1 aromatic heterocycles. The highest BCUT2D eigenvalue weighted by Crippen LogP contribution is 2.29. The molecule has 36 heavy (non-hydrogen) atoms. The first-order chi connectivity index (χ1) is 16.8. The van der Waals surface area contributed by atoms with E-state index in [4.69, 9.17) is 28.9 Å². The molecule has 3 N–H and O–H groups in total. The maximum atomic E-state index is 10.8. The number of benzene rings is 3. The van der Waals surface area contributed by atoms with Crippen molar-refractivity contribution in [3.63, 3.8) is 0 Å². The second-order valence-electron chi connectivity index (χ2n) is 6.90. The van der Waals surface area contributed by atoms with Crippen LogP contribution in [0.4, 0.5) is 17.3 Å². The standard InChI is InChI=1S/C14H10Cl2N6O2.C7H8N2O2.ClH/c15-11-5-2-6-12(13(11)16)21-14(18-19-20-21)17-8-9-3-1-4-10(7-9)22(23)24;8-5-6-2-1-3-7(4-6)9(10)11;/h1-7H,8H2,(H,17,18,20);1-4H,5,8H2;1H. The van der Waals surface area contributed by atoms with Crippen molar-refractivity contribution in [2.24, 2.45) is 5.73 Å². The van der Waals surface area contributed by atoms with Crippen LogP contribution in [0.2, 0.25) is 10.0 Å². The third-order valence-electron chi connectivity index (χ3n) is 4.56. The third kappa shape index (κ3) is 7.33. The van der Waals surface area contributed by atoms with Gasteiger partial charge in [-0.05, 0) is 33.7 Å². The molecule has 188 valence electrons. The molecule has 4 aromatic rings. The van der Waals surface area contributed by atoms with E-state index >= 15 is 0 Å². The van der Waals surface area contributed by atoms with Crippen molar-refractivity contribution in [2.45, 2.75) is 13.1 Å². The van der Waals surface area contributed by atoms with Crippen molar-refractivity contribution in [3.8, 4) is 5.69 Å². The molecular formula is C21H19Cl3N8O4. The minimum absolute atomic E-state index is 0. The first kappa shape index (κ1) is 28.4. The molecule has 0 fully saturated rings. The molecule has 0 unspecified atom stereocenters. The summed E-state index contributed by atoms with van der Waals surface area (Å²) in [6.45, 7) is 0.641. The van der Waals surface area contributed by atoms with Gasteiger partial charge >= 0.3 is 0 Å². The van der Waals surface area contributed by atoms with Crippen LogP contribution < -0.4 is 11.1 Å². The van der Waals surface area contributed by atoms with Crippen molar-refractivity contribution < 1.29 is 9.85 Å². The van der Waals surface area contributed by atoms with Crippen molar-refractivity contribution in [3.05, 3.63) is 108 Å². The molecule has 12 nitrogen and oxygen atoms in total. The number of tetrazole rings is 1. The Bertz CT molecular complexity index is 1350. The molecule has 0 spiro atoms. The summed E-state index contributed by atoms with van der Waals surface area (Å²) in [6, 6.07) is 17.7. The van der Waals surface area contributed by atoms with E-state index in [1.165, 1.54) is 28.9 Å². The highest BCUT2D eigenvalue weighted by molar-refractivity contribution is 6.43. The largest absolute Gasteiger partial charge is 0.349 e. The van der Waals surface area contributed by atoms with Gasteiger partial charge in [0, 0.05) is 37.4 Å². The monoisotopic (exact) mass is 552 g/mol. The van der Waals surface area contributed by atoms with Gasteiger partial charge in [0.15, 0.2) is 0 Å². The summed E-state index contributed by atoms with van der Waals surface area (Å²) in [4.78, 5) is 20.2. The molecule has 0 bridgehead atoms. The Kier molecular flexibility index (Phi) is 10.5. The van der Waals surface area contributed by atoms with Crippen LogP contribution in [0.25, 0.3) is 5.69 Å². The second-order valence-corrected chi connectivity index (χ2v) is 7.68. The number of halogens is 3. The number of nitrogens with one attached hydrogen (secondary N) is 1. The average molecular weight is 554 g/mol. The number of nitrogens with two attached hydrogens (primary N) is 1. The number of aromatic nitrogens is 4. The lowest BCUT2D eigenvalue weighted by molar-refractivity contribution is -0.385. The van der Waals surface area contributed by atoms with Gasteiger partial charge in [0.1, 0.15) is 0 Å². The summed E-state index contributed by atoms with van der Waals surface area (Å²) in [7, 11) is 0. The van der Waals surface area contributed by atoms with Crippen LogP contribution in [-0.2, 0) is 13.1 Å². The fraction of sp³-hybridized carbons (Fsp3) is 0.0952. The molecule has 0 amide bonds. The molecule has 0 aliphatic heterocycles. The van der Waals surface area contributed by atoms with Crippen LogP contribution in [0.5, 0.6) is 0 Å². The smallest absolute Gasteiger partial charge is 0.269 e. The van der Waals surface area contributed by atoms with E-state index in [2.05, 4.69) is 20.8 Å². The van der Waals surface area contributed by atoms with Gasteiger partial charge in [0.25, 0.3) is 11.4 Å². The predicted molar refractivity (Wildman–Crippen MR) is 138 cm³/mol. The first-order valence-electron chi connectivity index (χ1n) is 9.93. The van der Waals surface area contributed by atoms with Gasteiger partial charge in [-0.25, -0.2) is 0 Å². The minimum atomic E-state index is -0.445. The summed E-state index contributed by atoms with van der Waals surface area (Å²) in [5, 5.41) is 36.2. The summed E-state index contributed by atoms with van der Waals surface area (Å²) in [6.07, 6.45) is 0. The number of nitro benzene ring substituents is 2. The maximum Gasteiger partial charge on any atom is 0.269 e. The Labute approximate surface area is 220 Å². The van der Waals surface area contributed by atoms with Gasteiger partial charge in [-0.1, -0.05) is 58.6 Å². The fourth-order valence-corrected chi connectivity index (χ4v) is 3.25. The topological polar surface area (TPSA) is 168 Å². The lowest BCUT2D eigenvalue weighted by Crippen LogP contribution is -2.08. The SMILES string of the molecule is Cl.NCc1cccc([N+](=O)[O-])c1.O=[N+]([O-])c1cccc(CNc2nnnn2-c2cccc(Cl)c2Cl)c1. The molecule has 0 aliphatic carbocycles. The number of nitrogens with zero attached hydrogens (tertiary/aromatic N) is 6. The summed E-state index contributed by atoms with van der Waals surface area (Å²) >= 11 is 12.2. The first-order valence-corrected chi connectivity index (χ1v) is 10.7. The number of nitro groups is 2. The lowest BCUT2D eigenvalue weighted by Gasteiger charge is -2.09. The van der Waals surface area contributed by atoms with Crippen molar-refractivity contribution in [1.29, 1.82) is 0 Å².